The van der Waals surface area contributed by atoms with Crippen LogP contribution in [0.5, 0.6) is 0 Å². The summed E-state index contributed by atoms with van der Waals surface area (Å²) < 4.78 is 0. The summed E-state index contributed by atoms with van der Waals surface area (Å²) in [6.07, 6.45) is -0.736. The van der Waals surface area contributed by atoms with E-state index in [1.165, 1.54) is 6.92 Å². The molecule has 1 saturated carbocycles. The summed E-state index contributed by atoms with van der Waals surface area (Å²) in [5.74, 6) is -2.41. The number of nitrogens with zero attached hydrogens (tertiary/aromatic N) is 1. The van der Waals surface area contributed by atoms with Crippen molar-refractivity contribution >= 4 is 17.3 Å². The first-order valence-electron chi connectivity index (χ1n) is 8.16. The third-order valence-electron chi connectivity index (χ3n) is 4.80. The average molecular weight is 353 g/mol. The van der Waals surface area contributed by atoms with Crippen LogP contribution in [0.2, 0.25) is 0 Å². The van der Waals surface area contributed by atoms with Crippen LogP contribution in [0.25, 0.3) is 0 Å². The second-order valence-electron chi connectivity index (χ2n) is 6.44. The van der Waals surface area contributed by atoms with Gasteiger partial charge in [-0.05, 0) is 18.9 Å². The van der Waals surface area contributed by atoms with E-state index in [0.29, 0.717) is 0 Å². The van der Waals surface area contributed by atoms with E-state index in [-0.39, 0.29) is 35.0 Å². The molecule has 0 saturated heterocycles. The lowest BCUT2D eigenvalue weighted by Gasteiger charge is -2.10. The number of fused-ring (bicyclic) bond motifs is 1. The Morgan fingerprint density at radius 3 is 2.46 bits per heavy atom. The van der Waals surface area contributed by atoms with Crippen molar-refractivity contribution in [3.8, 4) is 0 Å². The molecule has 0 amide bonds. The maximum atomic E-state index is 12.9. The number of H-pyrrole nitrogens is 2. The molecule has 2 heterocycles. The number of carbonyl (C=O) groups is 2. The Morgan fingerprint density at radius 2 is 1.77 bits per heavy atom. The molecule has 3 unspecified atom stereocenters. The van der Waals surface area contributed by atoms with E-state index in [2.05, 4.69) is 15.1 Å². The van der Waals surface area contributed by atoms with Crippen molar-refractivity contribution in [3.05, 3.63) is 68.0 Å². The minimum atomic E-state index is -1.02. The zero-order valence-electron chi connectivity index (χ0n) is 13.8. The highest BCUT2D eigenvalue weighted by atomic mass is 16.6. The van der Waals surface area contributed by atoms with Gasteiger partial charge in [0.25, 0.3) is 5.56 Å². The molecule has 8 heteroatoms. The maximum absolute atomic E-state index is 12.9. The van der Waals surface area contributed by atoms with Crippen LogP contribution < -0.4 is 11.2 Å². The topological polar surface area (TPSA) is 121 Å². The highest BCUT2D eigenvalue weighted by molar-refractivity contribution is 6.26. The van der Waals surface area contributed by atoms with Gasteiger partial charge in [0.1, 0.15) is 11.6 Å². The number of aromatic amines is 2. The van der Waals surface area contributed by atoms with Crippen LogP contribution in [-0.4, -0.2) is 33.4 Å². The molecule has 1 aliphatic carbocycles. The van der Waals surface area contributed by atoms with Gasteiger partial charge in [0.2, 0.25) is 6.10 Å². The fourth-order valence-electron chi connectivity index (χ4n) is 3.59. The van der Waals surface area contributed by atoms with Crippen LogP contribution in [0.1, 0.15) is 16.8 Å². The molecule has 2 aromatic rings. The number of hydrogen-bond acceptors (Lipinski definition) is 6. The molecule has 1 aliphatic heterocycles. The van der Waals surface area contributed by atoms with Gasteiger partial charge in [-0.25, -0.2) is 4.79 Å². The zero-order chi connectivity index (χ0) is 18.4. The van der Waals surface area contributed by atoms with Crippen LogP contribution in [0.4, 0.5) is 0 Å². The van der Waals surface area contributed by atoms with Crippen molar-refractivity contribution in [3.63, 3.8) is 0 Å². The van der Waals surface area contributed by atoms with E-state index in [9.17, 15) is 19.2 Å². The number of rotatable bonds is 3. The maximum Gasteiger partial charge on any atom is 0.325 e. The van der Waals surface area contributed by atoms with Crippen molar-refractivity contribution in [2.75, 3.05) is 0 Å². The minimum Gasteiger partial charge on any atom is -0.383 e. The van der Waals surface area contributed by atoms with Crippen LogP contribution in [0.15, 0.2) is 45.1 Å². The van der Waals surface area contributed by atoms with E-state index in [1.807, 2.05) is 30.3 Å². The van der Waals surface area contributed by atoms with Gasteiger partial charge in [-0.3, -0.25) is 19.4 Å². The molecule has 1 fully saturated rings. The van der Waals surface area contributed by atoms with Crippen LogP contribution >= 0.6 is 0 Å². The lowest BCUT2D eigenvalue weighted by molar-refractivity contribution is -0.131. The summed E-state index contributed by atoms with van der Waals surface area (Å²) in [6, 6.07) is 9.23. The third-order valence-corrected chi connectivity index (χ3v) is 4.80. The molecule has 3 atom stereocenters. The Bertz CT molecular complexity index is 1050. The van der Waals surface area contributed by atoms with Crippen molar-refractivity contribution < 1.29 is 14.4 Å². The van der Waals surface area contributed by atoms with Gasteiger partial charge in [-0.15, -0.1) is 0 Å². The molecular formula is C18H15N3O5. The Kier molecular flexibility index (Phi) is 3.68. The molecule has 2 aliphatic rings. The van der Waals surface area contributed by atoms with Gasteiger partial charge in [0.15, 0.2) is 11.6 Å². The molecule has 2 N–H and O–H groups in total. The van der Waals surface area contributed by atoms with E-state index in [4.69, 9.17) is 4.84 Å². The molecule has 8 nitrogen and oxygen atoms in total. The van der Waals surface area contributed by atoms with Gasteiger partial charge >= 0.3 is 5.69 Å². The second-order valence-corrected chi connectivity index (χ2v) is 6.44. The lowest BCUT2D eigenvalue weighted by Crippen LogP contribution is -2.35. The van der Waals surface area contributed by atoms with Crippen LogP contribution in [-0.2, 0) is 20.8 Å². The van der Waals surface area contributed by atoms with Crippen molar-refractivity contribution in [1.82, 2.24) is 9.97 Å². The zero-order valence-corrected chi connectivity index (χ0v) is 13.8. The normalized spacial score (nSPS) is 24.3. The first-order valence-corrected chi connectivity index (χ1v) is 8.16. The summed E-state index contributed by atoms with van der Waals surface area (Å²) in [4.78, 5) is 58.9. The molecule has 0 bridgehead atoms. The van der Waals surface area contributed by atoms with E-state index in [0.717, 1.165) is 5.56 Å². The third kappa shape index (κ3) is 2.42. The number of aryl methyl sites for hydroxylation is 1. The first-order chi connectivity index (χ1) is 12.5. The molecule has 1 aromatic heterocycles. The van der Waals surface area contributed by atoms with Gasteiger partial charge in [0, 0.05) is 5.69 Å². The molecule has 132 valence electrons. The van der Waals surface area contributed by atoms with Crippen LogP contribution in [0.3, 0.4) is 0 Å². The Morgan fingerprint density at radius 1 is 1.04 bits per heavy atom. The smallest absolute Gasteiger partial charge is 0.325 e. The average Bonchev–Trinajstić information content (AvgIpc) is 3.11. The van der Waals surface area contributed by atoms with Crippen LogP contribution in [0, 0.1) is 18.8 Å². The molecule has 0 radical (unpaired) electrons. The molecule has 1 aromatic carbocycles. The summed E-state index contributed by atoms with van der Waals surface area (Å²) in [5, 5.41) is 3.82. The lowest BCUT2D eigenvalue weighted by atomic mass is 9.90. The number of Topliss-reactive ketones (excluding diaryl/α,β-unsaturated/α-hetero) is 2. The number of aromatic nitrogens is 2. The standard InChI is InChI=1S/C18H15N3O5/c1-8-11(17(24)20-18(25)19-8)13-12-14(22)10(15(23)16(12)26-21-13)7-9-5-3-2-4-6-9/h2-6,10,12,16H,7H2,1H3,(H2,19,20,24,25). The van der Waals surface area contributed by atoms with Crippen molar-refractivity contribution in [1.29, 1.82) is 0 Å². The van der Waals surface area contributed by atoms with Crippen molar-refractivity contribution in [2.45, 2.75) is 19.4 Å². The van der Waals surface area contributed by atoms with Gasteiger partial charge in [-0.1, -0.05) is 35.5 Å². The highest BCUT2D eigenvalue weighted by Crippen LogP contribution is 2.36. The largest absolute Gasteiger partial charge is 0.383 e. The number of ketones is 2. The summed E-state index contributed by atoms with van der Waals surface area (Å²) >= 11 is 0. The molecular weight excluding hydrogens is 338 g/mol. The molecule has 26 heavy (non-hydrogen) atoms. The van der Waals surface area contributed by atoms with Gasteiger partial charge in [-0.2, -0.15) is 0 Å². The minimum absolute atomic E-state index is 0.0682. The highest BCUT2D eigenvalue weighted by Gasteiger charge is 2.56. The summed E-state index contributed by atoms with van der Waals surface area (Å²) in [5.41, 5.74) is -0.00846. The van der Waals surface area contributed by atoms with E-state index >= 15 is 0 Å². The Labute approximate surface area is 146 Å². The van der Waals surface area contributed by atoms with Crippen molar-refractivity contribution in [2.24, 2.45) is 17.0 Å². The van der Waals surface area contributed by atoms with Gasteiger partial charge < -0.3 is 9.82 Å². The number of hydrogen-bond donors (Lipinski definition) is 2. The Balaban J connectivity index is 1.70. The molecule has 0 spiro atoms. The summed E-state index contributed by atoms with van der Waals surface area (Å²) in [6.45, 7) is 1.53. The predicted octanol–water partition coefficient (Wildman–Crippen LogP) is 0.101. The van der Waals surface area contributed by atoms with Gasteiger partial charge in [0.05, 0.1) is 11.5 Å². The fourth-order valence-corrected chi connectivity index (χ4v) is 3.59. The quantitative estimate of drug-likeness (QED) is 0.758. The first kappa shape index (κ1) is 16.2. The Hall–Kier alpha value is -3.29. The monoisotopic (exact) mass is 353 g/mol. The summed E-state index contributed by atoms with van der Waals surface area (Å²) in [7, 11) is 0. The SMILES string of the molecule is Cc1[nH]c(=O)[nH]c(=O)c1C1=NOC2C(=O)C(Cc3ccccc3)C(=O)C12. The predicted molar refractivity (Wildman–Crippen MR) is 91.0 cm³/mol. The molecule has 4 rings (SSSR count). The number of carbonyl (C=O) groups excluding carboxylic acids is 2. The number of nitrogens with one attached hydrogen (secondary N) is 2. The van der Waals surface area contributed by atoms with E-state index < -0.39 is 29.2 Å². The second kappa shape index (κ2) is 5.91. The fraction of sp³-hybridized carbons (Fsp3) is 0.278. The van der Waals surface area contributed by atoms with E-state index in [1.54, 1.807) is 0 Å². The number of oxime groups is 1. The number of benzene rings is 1.